The van der Waals surface area contributed by atoms with E-state index in [1.165, 1.54) is 12.1 Å². The number of aromatic nitrogens is 1. The number of aryl methyl sites for hydroxylation is 2. The molecular weight excluding hydrogens is 281 g/mol. The van der Waals surface area contributed by atoms with Crippen LogP contribution < -0.4 is 10.5 Å². The van der Waals surface area contributed by atoms with Gasteiger partial charge in [-0.15, -0.1) is 0 Å². The number of amidine groups is 1. The van der Waals surface area contributed by atoms with E-state index in [4.69, 9.17) is 27.5 Å². The Labute approximate surface area is 120 Å². The molecular formula is C14H13ClFN3O. The van der Waals surface area contributed by atoms with Gasteiger partial charge < -0.3 is 10.5 Å². The Morgan fingerprint density at radius 3 is 2.70 bits per heavy atom. The zero-order valence-corrected chi connectivity index (χ0v) is 11.8. The van der Waals surface area contributed by atoms with Gasteiger partial charge in [0, 0.05) is 11.8 Å². The number of hydrogen-bond acceptors (Lipinski definition) is 3. The fourth-order valence-corrected chi connectivity index (χ4v) is 2.05. The monoisotopic (exact) mass is 293 g/mol. The van der Waals surface area contributed by atoms with E-state index in [-0.39, 0.29) is 22.4 Å². The lowest BCUT2D eigenvalue weighted by Crippen LogP contribution is -2.15. The molecule has 2 aromatic rings. The highest BCUT2D eigenvalue weighted by Gasteiger charge is 2.16. The summed E-state index contributed by atoms with van der Waals surface area (Å²) < 4.78 is 19.4. The molecule has 0 saturated carbocycles. The standard InChI is InChI=1S/C14H13ClFN3O/c1-7-6-11(12(14(17)18)8(2)19-7)20-10-5-3-4-9(15)13(10)16/h3-6H,1-2H3,(H3,17,18). The average molecular weight is 294 g/mol. The lowest BCUT2D eigenvalue weighted by molar-refractivity contribution is 0.440. The van der Waals surface area contributed by atoms with Crippen molar-refractivity contribution in [2.45, 2.75) is 13.8 Å². The minimum atomic E-state index is -0.657. The summed E-state index contributed by atoms with van der Waals surface area (Å²) in [5.41, 5.74) is 7.11. The molecule has 0 atom stereocenters. The third-order valence-electron chi connectivity index (χ3n) is 2.70. The van der Waals surface area contributed by atoms with E-state index < -0.39 is 5.82 Å². The smallest absolute Gasteiger partial charge is 0.184 e. The third-order valence-corrected chi connectivity index (χ3v) is 2.99. The number of hydrogen-bond donors (Lipinski definition) is 2. The van der Waals surface area contributed by atoms with Crippen LogP contribution in [0.4, 0.5) is 4.39 Å². The fourth-order valence-electron chi connectivity index (χ4n) is 1.88. The number of halogens is 2. The van der Waals surface area contributed by atoms with Crippen LogP contribution in [0.25, 0.3) is 0 Å². The first-order valence-electron chi connectivity index (χ1n) is 5.84. The van der Waals surface area contributed by atoms with Crippen molar-refractivity contribution < 1.29 is 9.13 Å². The molecule has 2 rings (SSSR count). The van der Waals surface area contributed by atoms with Gasteiger partial charge in [0.2, 0.25) is 0 Å². The first-order chi connectivity index (χ1) is 9.40. The average Bonchev–Trinajstić information content (AvgIpc) is 2.33. The fraction of sp³-hybridized carbons (Fsp3) is 0.143. The lowest BCUT2D eigenvalue weighted by atomic mass is 10.1. The van der Waals surface area contributed by atoms with Crippen molar-refractivity contribution in [2.24, 2.45) is 5.73 Å². The van der Waals surface area contributed by atoms with Crippen molar-refractivity contribution in [3.05, 3.63) is 52.1 Å². The van der Waals surface area contributed by atoms with Gasteiger partial charge in [-0.25, -0.2) is 4.39 Å². The molecule has 0 bridgehead atoms. The van der Waals surface area contributed by atoms with Crippen molar-refractivity contribution in [1.29, 1.82) is 5.41 Å². The summed E-state index contributed by atoms with van der Waals surface area (Å²) >= 11 is 5.71. The first kappa shape index (κ1) is 14.3. The van der Waals surface area contributed by atoms with E-state index in [9.17, 15) is 4.39 Å². The van der Waals surface area contributed by atoms with Gasteiger partial charge in [0.1, 0.15) is 11.6 Å². The Morgan fingerprint density at radius 1 is 1.35 bits per heavy atom. The van der Waals surface area contributed by atoms with E-state index in [0.29, 0.717) is 17.0 Å². The molecule has 104 valence electrons. The van der Waals surface area contributed by atoms with Gasteiger partial charge in [-0.3, -0.25) is 10.4 Å². The molecule has 6 heteroatoms. The molecule has 0 radical (unpaired) electrons. The maximum absolute atomic E-state index is 13.9. The summed E-state index contributed by atoms with van der Waals surface area (Å²) in [4.78, 5) is 4.22. The number of rotatable bonds is 3. The molecule has 0 aliphatic heterocycles. The SMILES string of the molecule is Cc1cc(Oc2cccc(Cl)c2F)c(C(=N)N)c(C)n1. The van der Waals surface area contributed by atoms with Crippen LogP contribution in [0, 0.1) is 25.1 Å². The zero-order valence-electron chi connectivity index (χ0n) is 11.0. The summed E-state index contributed by atoms with van der Waals surface area (Å²) in [6.07, 6.45) is 0. The highest BCUT2D eigenvalue weighted by atomic mass is 35.5. The Balaban J connectivity index is 2.53. The maximum atomic E-state index is 13.9. The molecule has 0 fully saturated rings. The highest BCUT2D eigenvalue weighted by molar-refractivity contribution is 6.30. The molecule has 20 heavy (non-hydrogen) atoms. The molecule has 1 aromatic carbocycles. The zero-order chi connectivity index (χ0) is 14.9. The highest BCUT2D eigenvalue weighted by Crippen LogP contribution is 2.31. The topological polar surface area (TPSA) is 72.0 Å². The molecule has 1 heterocycles. The van der Waals surface area contributed by atoms with Gasteiger partial charge in [0.25, 0.3) is 0 Å². The van der Waals surface area contributed by atoms with E-state index >= 15 is 0 Å². The minimum absolute atomic E-state index is 0.0231. The van der Waals surface area contributed by atoms with Gasteiger partial charge in [-0.2, -0.15) is 0 Å². The Kier molecular flexibility index (Phi) is 3.90. The van der Waals surface area contributed by atoms with Gasteiger partial charge in [-0.05, 0) is 26.0 Å². The Bertz CT molecular complexity index is 688. The van der Waals surface area contributed by atoms with E-state index in [1.807, 2.05) is 0 Å². The molecule has 3 N–H and O–H groups in total. The second kappa shape index (κ2) is 5.46. The number of pyridine rings is 1. The maximum Gasteiger partial charge on any atom is 0.184 e. The third kappa shape index (κ3) is 2.72. The second-order valence-electron chi connectivity index (χ2n) is 4.29. The molecule has 0 spiro atoms. The van der Waals surface area contributed by atoms with Gasteiger partial charge >= 0.3 is 0 Å². The Morgan fingerprint density at radius 2 is 2.05 bits per heavy atom. The quantitative estimate of drug-likeness (QED) is 0.671. The number of ether oxygens (including phenoxy) is 1. The number of nitrogens with one attached hydrogen (secondary N) is 1. The first-order valence-corrected chi connectivity index (χ1v) is 6.22. The van der Waals surface area contributed by atoms with Crippen LogP contribution in [0.5, 0.6) is 11.5 Å². The van der Waals surface area contributed by atoms with Crippen molar-refractivity contribution in [3.8, 4) is 11.5 Å². The summed E-state index contributed by atoms with van der Waals surface area (Å²) in [6, 6.07) is 6.06. The van der Waals surface area contributed by atoms with Crippen LogP contribution >= 0.6 is 11.6 Å². The van der Waals surface area contributed by atoms with Crippen LogP contribution in [-0.2, 0) is 0 Å². The van der Waals surface area contributed by atoms with Gasteiger partial charge in [0.15, 0.2) is 11.6 Å². The van der Waals surface area contributed by atoms with Crippen LogP contribution in [0.15, 0.2) is 24.3 Å². The predicted molar refractivity (Wildman–Crippen MR) is 76.2 cm³/mol. The van der Waals surface area contributed by atoms with Crippen molar-refractivity contribution in [3.63, 3.8) is 0 Å². The minimum Gasteiger partial charge on any atom is -0.453 e. The van der Waals surface area contributed by atoms with Crippen LogP contribution in [0.3, 0.4) is 0 Å². The van der Waals surface area contributed by atoms with Crippen LogP contribution in [-0.4, -0.2) is 10.8 Å². The normalized spacial score (nSPS) is 10.4. The number of nitrogens with two attached hydrogens (primary N) is 1. The molecule has 0 aliphatic rings. The number of nitrogen functional groups attached to an aromatic ring is 1. The number of benzene rings is 1. The number of nitrogens with zero attached hydrogens (tertiary/aromatic N) is 1. The summed E-state index contributed by atoms with van der Waals surface area (Å²) in [6.45, 7) is 3.49. The summed E-state index contributed by atoms with van der Waals surface area (Å²) in [7, 11) is 0. The van der Waals surface area contributed by atoms with E-state index in [0.717, 1.165) is 0 Å². The summed E-state index contributed by atoms with van der Waals surface area (Å²) in [5.74, 6) is -0.586. The molecule has 0 unspecified atom stereocenters. The van der Waals surface area contributed by atoms with Gasteiger partial charge in [-0.1, -0.05) is 17.7 Å². The van der Waals surface area contributed by atoms with Crippen LogP contribution in [0.2, 0.25) is 5.02 Å². The second-order valence-corrected chi connectivity index (χ2v) is 4.70. The van der Waals surface area contributed by atoms with Gasteiger partial charge in [0.05, 0.1) is 16.3 Å². The molecule has 4 nitrogen and oxygen atoms in total. The molecule has 0 saturated heterocycles. The lowest BCUT2D eigenvalue weighted by Gasteiger charge is -2.14. The van der Waals surface area contributed by atoms with Crippen LogP contribution in [0.1, 0.15) is 17.0 Å². The Hall–Kier alpha value is -2.14. The molecule has 1 aromatic heterocycles. The predicted octanol–water partition coefficient (Wildman–Crippen LogP) is 3.57. The molecule has 0 amide bonds. The van der Waals surface area contributed by atoms with E-state index in [2.05, 4.69) is 4.98 Å². The van der Waals surface area contributed by atoms with E-state index in [1.54, 1.807) is 26.0 Å². The largest absolute Gasteiger partial charge is 0.453 e. The van der Waals surface area contributed by atoms with Crippen molar-refractivity contribution in [2.75, 3.05) is 0 Å². The van der Waals surface area contributed by atoms with Crippen molar-refractivity contribution >= 4 is 17.4 Å². The van der Waals surface area contributed by atoms with Crippen molar-refractivity contribution in [1.82, 2.24) is 4.98 Å². The molecule has 0 aliphatic carbocycles. The summed E-state index contributed by atoms with van der Waals surface area (Å²) in [5, 5.41) is 7.55.